The molecule has 0 radical (unpaired) electrons. The van der Waals surface area contributed by atoms with E-state index in [1.165, 1.54) is 23.1 Å². The standard InChI is InChI=1S/C16H15N5O3S/c1-10-2-4-11(5-3-10)24-7-6-14-20-21-16(25-14)19-15(23)12-8-18-13(22)9-17-12/h2-5,8-9H,6-7H2,1H3,(H,18,22)(H,19,21,23). The Balaban J connectivity index is 1.51. The summed E-state index contributed by atoms with van der Waals surface area (Å²) >= 11 is 1.26. The predicted octanol–water partition coefficient (Wildman–Crippen LogP) is 1.80. The summed E-state index contributed by atoms with van der Waals surface area (Å²) in [5.41, 5.74) is 0.899. The van der Waals surface area contributed by atoms with Crippen molar-refractivity contribution in [1.29, 1.82) is 0 Å². The van der Waals surface area contributed by atoms with Crippen LogP contribution in [0.3, 0.4) is 0 Å². The maximum absolute atomic E-state index is 12.0. The van der Waals surface area contributed by atoms with E-state index in [0.717, 1.165) is 17.0 Å². The number of H-pyrrole nitrogens is 1. The summed E-state index contributed by atoms with van der Waals surface area (Å²) in [4.78, 5) is 29.1. The van der Waals surface area contributed by atoms with Gasteiger partial charge in [-0.25, -0.2) is 4.98 Å². The van der Waals surface area contributed by atoms with Crippen LogP contribution in [0.15, 0.2) is 41.5 Å². The van der Waals surface area contributed by atoms with Gasteiger partial charge in [0, 0.05) is 12.6 Å². The van der Waals surface area contributed by atoms with Gasteiger partial charge in [-0.1, -0.05) is 29.0 Å². The van der Waals surface area contributed by atoms with Crippen molar-refractivity contribution in [3.63, 3.8) is 0 Å². The number of nitrogens with one attached hydrogen (secondary N) is 2. The predicted molar refractivity (Wildman–Crippen MR) is 93.1 cm³/mol. The first-order valence-electron chi connectivity index (χ1n) is 7.48. The summed E-state index contributed by atoms with van der Waals surface area (Å²) in [6, 6.07) is 7.80. The average Bonchev–Trinajstić information content (AvgIpc) is 3.04. The lowest BCUT2D eigenvalue weighted by Crippen LogP contribution is -2.16. The van der Waals surface area contributed by atoms with E-state index in [-0.39, 0.29) is 11.3 Å². The first-order valence-corrected chi connectivity index (χ1v) is 8.30. The van der Waals surface area contributed by atoms with Crippen molar-refractivity contribution in [2.24, 2.45) is 0 Å². The number of carbonyl (C=O) groups excluding carboxylic acids is 1. The molecule has 128 valence electrons. The highest BCUT2D eigenvalue weighted by molar-refractivity contribution is 7.15. The van der Waals surface area contributed by atoms with Crippen LogP contribution >= 0.6 is 11.3 Å². The van der Waals surface area contributed by atoms with Gasteiger partial charge in [0.2, 0.25) is 5.13 Å². The number of amides is 1. The number of hydrogen-bond donors (Lipinski definition) is 2. The second kappa shape index (κ2) is 7.67. The minimum Gasteiger partial charge on any atom is -0.493 e. The van der Waals surface area contributed by atoms with Gasteiger partial charge in [0.25, 0.3) is 11.5 Å². The fourth-order valence-electron chi connectivity index (χ4n) is 1.92. The number of aromatic nitrogens is 4. The summed E-state index contributed by atoms with van der Waals surface area (Å²) < 4.78 is 5.64. The number of nitrogens with zero attached hydrogens (tertiary/aromatic N) is 3. The third kappa shape index (κ3) is 4.70. The molecule has 3 aromatic rings. The summed E-state index contributed by atoms with van der Waals surface area (Å²) in [6.07, 6.45) is 2.87. The topological polar surface area (TPSA) is 110 Å². The first kappa shape index (κ1) is 16.8. The molecule has 0 aliphatic rings. The van der Waals surface area contributed by atoms with Crippen LogP contribution in [-0.2, 0) is 6.42 Å². The molecule has 9 heteroatoms. The summed E-state index contributed by atoms with van der Waals surface area (Å²) in [7, 11) is 0. The van der Waals surface area contributed by atoms with Gasteiger partial charge in [0.1, 0.15) is 16.5 Å². The molecule has 1 aromatic carbocycles. The zero-order valence-electron chi connectivity index (χ0n) is 13.4. The molecule has 0 saturated heterocycles. The van der Waals surface area contributed by atoms with Crippen LogP contribution in [0.25, 0.3) is 0 Å². The number of carbonyl (C=O) groups is 1. The quantitative estimate of drug-likeness (QED) is 0.696. The van der Waals surface area contributed by atoms with E-state index in [1.807, 2.05) is 31.2 Å². The molecule has 8 nitrogen and oxygen atoms in total. The van der Waals surface area contributed by atoms with Crippen LogP contribution in [0.2, 0.25) is 0 Å². The molecule has 0 aliphatic heterocycles. The Hall–Kier alpha value is -3.07. The zero-order chi connectivity index (χ0) is 17.6. The van der Waals surface area contributed by atoms with E-state index >= 15 is 0 Å². The van der Waals surface area contributed by atoms with Gasteiger partial charge < -0.3 is 9.72 Å². The number of aromatic amines is 1. The molecule has 0 unspecified atom stereocenters. The Morgan fingerprint density at radius 3 is 2.80 bits per heavy atom. The van der Waals surface area contributed by atoms with Gasteiger partial charge in [0.05, 0.1) is 12.8 Å². The van der Waals surface area contributed by atoms with E-state index in [1.54, 1.807) is 0 Å². The van der Waals surface area contributed by atoms with E-state index in [0.29, 0.717) is 18.2 Å². The van der Waals surface area contributed by atoms with Gasteiger partial charge in [-0.05, 0) is 19.1 Å². The average molecular weight is 357 g/mol. The molecule has 0 atom stereocenters. The summed E-state index contributed by atoms with van der Waals surface area (Å²) in [5.74, 6) is 0.336. The molecule has 2 N–H and O–H groups in total. The Labute approximate surface area is 146 Å². The molecule has 3 rings (SSSR count). The minimum atomic E-state index is -0.463. The zero-order valence-corrected chi connectivity index (χ0v) is 14.2. The Morgan fingerprint density at radius 1 is 1.28 bits per heavy atom. The molecule has 0 fully saturated rings. The van der Waals surface area contributed by atoms with Crippen LogP contribution < -0.4 is 15.6 Å². The third-order valence-electron chi connectivity index (χ3n) is 3.20. The van der Waals surface area contributed by atoms with Crippen molar-refractivity contribution in [2.45, 2.75) is 13.3 Å². The van der Waals surface area contributed by atoms with Crippen LogP contribution in [-0.4, -0.2) is 32.7 Å². The van der Waals surface area contributed by atoms with Crippen LogP contribution in [0.1, 0.15) is 21.1 Å². The fourth-order valence-corrected chi connectivity index (χ4v) is 2.64. The monoisotopic (exact) mass is 357 g/mol. The maximum atomic E-state index is 12.0. The summed E-state index contributed by atoms with van der Waals surface area (Å²) in [5, 5.41) is 11.6. The van der Waals surface area contributed by atoms with Crippen LogP contribution in [0.4, 0.5) is 5.13 Å². The van der Waals surface area contributed by atoms with Crippen molar-refractivity contribution in [2.75, 3.05) is 11.9 Å². The smallest absolute Gasteiger partial charge is 0.277 e. The second-order valence-electron chi connectivity index (χ2n) is 5.16. The number of anilines is 1. The van der Waals surface area contributed by atoms with Crippen molar-refractivity contribution >= 4 is 22.4 Å². The molecule has 0 spiro atoms. The van der Waals surface area contributed by atoms with E-state index < -0.39 is 5.91 Å². The maximum Gasteiger partial charge on any atom is 0.277 e. The molecule has 1 amide bonds. The number of rotatable bonds is 6. The lowest BCUT2D eigenvalue weighted by Gasteiger charge is -2.04. The van der Waals surface area contributed by atoms with Crippen molar-refractivity contribution < 1.29 is 9.53 Å². The van der Waals surface area contributed by atoms with Crippen molar-refractivity contribution in [1.82, 2.24) is 20.2 Å². The highest BCUT2D eigenvalue weighted by Crippen LogP contribution is 2.17. The number of benzene rings is 1. The van der Waals surface area contributed by atoms with Gasteiger partial charge in [-0.2, -0.15) is 0 Å². The second-order valence-corrected chi connectivity index (χ2v) is 6.23. The number of hydrogen-bond acceptors (Lipinski definition) is 7. The third-order valence-corrected chi connectivity index (χ3v) is 4.10. The van der Waals surface area contributed by atoms with E-state index in [9.17, 15) is 9.59 Å². The fraction of sp³-hybridized carbons (Fsp3) is 0.188. The molecule has 2 heterocycles. The molecular formula is C16H15N5O3S. The van der Waals surface area contributed by atoms with Crippen LogP contribution in [0, 0.1) is 6.92 Å². The Morgan fingerprint density at radius 2 is 2.08 bits per heavy atom. The van der Waals surface area contributed by atoms with Gasteiger partial charge in [-0.3, -0.25) is 14.9 Å². The first-order chi connectivity index (χ1) is 12.1. The Kier molecular flexibility index (Phi) is 5.14. The minimum absolute atomic E-state index is 0.0963. The Bertz CT molecular complexity index is 900. The van der Waals surface area contributed by atoms with Crippen molar-refractivity contribution in [3.05, 3.63) is 63.3 Å². The lowest BCUT2D eigenvalue weighted by atomic mass is 10.2. The van der Waals surface area contributed by atoms with E-state index in [2.05, 4.69) is 25.5 Å². The molecule has 0 bridgehead atoms. The lowest BCUT2D eigenvalue weighted by molar-refractivity contribution is 0.102. The highest BCUT2D eigenvalue weighted by atomic mass is 32.1. The molecular weight excluding hydrogens is 342 g/mol. The van der Waals surface area contributed by atoms with Gasteiger partial charge in [-0.15, -0.1) is 10.2 Å². The van der Waals surface area contributed by atoms with Crippen molar-refractivity contribution in [3.8, 4) is 5.75 Å². The number of aryl methyl sites for hydroxylation is 1. The SMILES string of the molecule is Cc1ccc(OCCc2nnc(NC(=O)c3c[nH]c(=O)cn3)s2)cc1. The van der Waals surface area contributed by atoms with E-state index in [4.69, 9.17) is 4.74 Å². The molecule has 2 aromatic heterocycles. The molecule has 0 aliphatic carbocycles. The number of ether oxygens (including phenoxy) is 1. The van der Waals surface area contributed by atoms with Gasteiger partial charge in [0.15, 0.2) is 0 Å². The summed E-state index contributed by atoms with van der Waals surface area (Å²) in [6.45, 7) is 2.48. The van der Waals surface area contributed by atoms with Crippen LogP contribution in [0.5, 0.6) is 5.75 Å². The van der Waals surface area contributed by atoms with Gasteiger partial charge >= 0.3 is 0 Å². The normalized spacial score (nSPS) is 10.4. The molecule has 25 heavy (non-hydrogen) atoms. The molecule has 0 saturated carbocycles. The largest absolute Gasteiger partial charge is 0.493 e. The highest BCUT2D eigenvalue weighted by Gasteiger charge is 2.11.